The van der Waals surface area contributed by atoms with Crippen LogP contribution in [0.5, 0.6) is 0 Å². The van der Waals surface area contributed by atoms with Crippen molar-refractivity contribution >= 4 is 27.9 Å². The molecule has 1 rings (SSSR count). The van der Waals surface area contributed by atoms with Crippen LogP contribution in [0.2, 0.25) is 0 Å². The number of halogens is 1. The zero-order valence-electron chi connectivity index (χ0n) is 11.1. The van der Waals surface area contributed by atoms with Crippen LogP contribution in [0.1, 0.15) is 5.56 Å². The summed E-state index contributed by atoms with van der Waals surface area (Å²) in [6.45, 7) is 0.513. The molecule has 0 aliphatic heterocycles. The molecule has 0 aliphatic rings. The molecule has 7 heteroatoms. The number of carboxylic acid groups (broad SMARTS) is 1. The van der Waals surface area contributed by atoms with E-state index in [1.54, 1.807) is 0 Å². The van der Waals surface area contributed by atoms with Gasteiger partial charge in [0, 0.05) is 24.7 Å². The number of carbonyl (C=O) groups excluding carboxylic acids is 1. The molecule has 6 nitrogen and oxygen atoms in total. The van der Waals surface area contributed by atoms with Gasteiger partial charge in [-0.15, -0.1) is 0 Å². The van der Waals surface area contributed by atoms with Crippen LogP contribution < -0.4 is 5.32 Å². The van der Waals surface area contributed by atoms with E-state index in [-0.39, 0.29) is 13.1 Å². The average Bonchev–Trinajstić information content (AvgIpc) is 2.42. The first-order chi connectivity index (χ1) is 9.52. The molecule has 0 spiro atoms. The van der Waals surface area contributed by atoms with Gasteiger partial charge in [-0.05, 0) is 17.7 Å². The van der Waals surface area contributed by atoms with Gasteiger partial charge in [0.1, 0.15) is 6.54 Å². The van der Waals surface area contributed by atoms with E-state index in [9.17, 15) is 9.59 Å². The van der Waals surface area contributed by atoms with Crippen LogP contribution in [-0.2, 0) is 16.1 Å². The quantitative estimate of drug-likeness (QED) is 0.788. The molecular formula is C13H17BrN2O4. The molecular weight excluding hydrogens is 328 g/mol. The van der Waals surface area contributed by atoms with Gasteiger partial charge < -0.3 is 20.1 Å². The van der Waals surface area contributed by atoms with Gasteiger partial charge in [0.15, 0.2) is 0 Å². The Balaban J connectivity index is 2.51. The van der Waals surface area contributed by atoms with Crippen molar-refractivity contribution in [2.24, 2.45) is 0 Å². The number of urea groups is 1. The minimum Gasteiger partial charge on any atom is -0.480 e. The van der Waals surface area contributed by atoms with E-state index in [4.69, 9.17) is 9.84 Å². The number of rotatable bonds is 7. The Morgan fingerprint density at radius 2 is 2.00 bits per heavy atom. The van der Waals surface area contributed by atoms with Crippen molar-refractivity contribution in [3.05, 3.63) is 34.3 Å². The highest BCUT2D eigenvalue weighted by Crippen LogP contribution is 2.10. The number of nitrogens with one attached hydrogen (secondary N) is 1. The summed E-state index contributed by atoms with van der Waals surface area (Å²) in [5.41, 5.74) is 0.934. The number of nitrogens with zero attached hydrogens (tertiary/aromatic N) is 1. The molecule has 1 aromatic rings. The molecule has 0 aliphatic carbocycles. The van der Waals surface area contributed by atoms with E-state index in [0.717, 1.165) is 10.0 Å². The van der Waals surface area contributed by atoms with Gasteiger partial charge in [-0.1, -0.05) is 28.1 Å². The predicted octanol–water partition coefficient (Wildman–Crippen LogP) is 1.69. The first-order valence-corrected chi connectivity index (χ1v) is 6.80. The molecule has 0 saturated heterocycles. The van der Waals surface area contributed by atoms with Crippen molar-refractivity contribution in [3.63, 3.8) is 0 Å². The normalized spacial score (nSPS) is 10.1. The van der Waals surface area contributed by atoms with Crippen LogP contribution in [0.25, 0.3) is 0 Å². The number of ether oxygens (including phenoxy) is 1. The Hall–Kier alpha value is -1.60. The second-order valence-corrected chi connectivity index (χ2v) is 5.01. The Bertz CT molecular complexity index is 450. The van der Waals surface area contributed by atoms with Gasteiger partial charge in [0.25, 0.3) is 0 Å². The summed E-state index contributed by atoms with van der Waals surface area (Å²) in [5, 5.41) is 11.5. The molecule has 2 N–H and O–H groups in total. The van der Waals surface area contributed by atoms with E-state index >= 15 is 0 Å². The lowest BCUT2D eigenvalue weighted by Gasteiger charge is -2.20. The van der Waals surface area contributed by atoms with Crippen LogP contribution in [-0.4, -0.2) is 48.8 Å². The van der Waals surface area contributed by atoms with E-state index < -0.39 is 12.0 Å². The predicted molar refractivity (Wildman–Crippen MR) is 77.5 cm³/mol. The molecule has 2 amide bonds. The van der Waals surface area contributed by atoms with Crippen molar-refractivity contribution in [1.29, 1.82) is 0 Å². The summed E-state index contributed by atoms with van der Waals surface area (Å²) in [4.78, 5) is 23.8. The third-order valence-corrected chi connectivity index (χ3v) is 3.06. The average molecular weight is 345 g/mol. The second-order valence-electron chi connectivity index (χ2n) is 4.09. The van der Waals surface area contributed by atoms with Crippen LogP contribution in [0.4, 0.5) is 4.79 Å². The number of amides is 2. The van der Waals surface area contributed by atoms with Crippen molar-refractivity contribution in [2.45, 2.75) is 6.54 Å². The van der Waals surface area contributed by atoms with Crippen molar-refractivity contribution < 1.29 is 19.4 Å². The smallest absolute Gasteiger partial charge is 0.323 e. The molecule has 0 atom stereocenters. The molecule has 0 saturated carbocycles. The molecule has 0 fully saturated rings. The van der Waals surface area contributed by atoms with Crippen LogP contribution in [0, 0.1) is 0 Å². The van der Waals surface area contributed by atoms with E-state index in [0.29, 0.717) is 13.2 Å². The molecule has 0 heterocycles. The van der Waals surface area contributed by atoms with Gasteiger partial charge >= 0.3 is 12.0 Å². The highest BCUT2D eigenvalue weighted by atomic mass is 79.9. The number of benzene rings is 1. The maximum atomic E-state index is 11.9. The Morgan fingerprint density at radius 1 is 1.35 bits per heavy atom. The van der Waals surface area contributed by atoms with Crippen molar-refractivity contribution in [2.75, 3.05) is 26.8 Å². The molecule has 0 aromatic heterocycles. The number of methoxy groups -OCH3 is 1. The van der Waals surface area contributed by atoms with Gasteiger partial charge in [-0.25, -0.2) is 4.79 Å². The summed E-state index contributed by atoms with van der Waals surface area (Å²) in [6.07, 6.45) is 0. The summed E-state index contributed by atoms with van der Waals surface area (Å²) in [5.74, 6) is -1.06. The highest BCUT2D eigenvalue weighted by Gasteiger charge is 2.15. The Morgan fingerprint density at radius 3 is 2.55 bits per heavy atom. The molecule has 110 valence electrons. The summed E-state index contributed by atoms with van der Waals surface area (Å²) in [6, 6.07) is 7.08. The Labute approximate surface area is 125 Å². The zero-order valence-corrected chi connectivity index (χ0v) is 12.7. The fraction of sp³-hybridized carbons (Fsp3) is 0.385. The standard InChI is InChI=1S/C13H17BrN2O4/c1-20-7-6-16(9-12(17)18)13(19)15-8-10-2-4-11(14)5-3-10/h2-5H,6-9H2,1H3,(H,15,19)(H,17,18). The SMILES string of the molecule is COCCN(CC(=O)O)C(=O)NCc1ccc(Br)cc1. The number of aliphatic carboxylic acids is 1. The minimum atomic E-state index is -1.06. The second kappa shape index (κ2) is 8.55. The minimum absolute atomic E-state index is 0.231. The van der Waals surface area contributed by atoms with Gasteiger partial charge in [0.05, 0.1) is 6.61 Å². The van der Waals surface area contributed by atoms with Crippen molar-refractivity contribution in [3.8, 4) is 0 Å². The van der Waals surface area contributed by atoms with Gasteiger partial charge in [-0.3, -0.25) is 4.79 Å². The molecule has 1 aromatic carbocycles. The largest absolute Gasteiger partial charge is 0.480 e. The van der Waals surface area contributed by atoms with Gasteiger partial charge in [-0.2, -0.15) is 0 Å². The van der Waals surface area contributed by atoms with E-state index in [1.165, 1.54) is 12.0 Å². The fourth-order valence-electron chi connectivity index (χ4n) is 1.51. The molecule has 0 bridgehead atoms. The van der Waals surface area contributed by atoms with Gasteiger partial charge in [0.2, 0.25) is 0 Å². The molecule has 20 heavy (non-hydrogen) atoms. The monoisotopic (exact) mass is 344 g/mol. The Kier molecular flexibility index (Phi) is 7.03. The molecule has 0 unspecified atom stereocenters. The first-order valence-electron chi connectivity index (χ1n) is 6.01. The number of hydrogen-bond acceptors (Lipinski definition) is 3. The zero-order chi connectivity index (χ0) is 15.0. The lowest BCUT2D eigenvalue weighted by atomic mass is 10.2. The fourth-order valence-corrected chi connectivity index (χ4v) is 1.77. The summed E-state index contributed by atoms with van der Waals surface area (Å²) in [7, 11) is 1.50. The summed E-state index contributed by atoms with van der Waals surface area (Å²) < 4.78 is 5.82. The van der Waals surface area contributed by atoms with E-state index in [2.05, 4.69) is 21.2 Å². The summed E-state index contributed by atoms with van der Waals surface area (Å²) >= 11 is 3.33. The van der Waals surface area contributed by atoms with Crippen LogP contribution in [0.3, 0.4) is 0 Å². The lowest BCUT2D eigenvalue weighted by Crippen LogP contribution is -2.44. The number of carboxylic acids is 1. The van der Waals surface area contributed by atoms with Crippen LogP contribution >= 0.6 is 15.9 Å². The number of hydrogen-bond donors (Lipinski definition) is 2. The third-order valence-electron chi connectivity index (χ3n) is 2.54. The maximum absolute atomic E-state index is 11.9. The maximum Gasteiger partial charge on any atom is 0.323 e. The third kappa shape index (κ3) is 6.03. The number of carbonyl (C=O) groups is 2. The first kappa shape index (κ1) is 16.5. The van der Waals surface area contributed by atoms with Crippen molar-refractivity contribution in [1.82, 2.24) is 10.2 Å². The topological polar surface area (TPSA) is 78.9 Å². The lowest BCUT2D eigenvalue weighted by molar-refractivity contribution is -0.137. The highest BCUT2D eigenvalue weighted by molar-refractivity contribution is 9.10. The molecule has 0 radical (unpaired) electrons. The van der Waals surface area contributed by atoms with Crippen LogP contribution in [0.15, 0.2) is 28.7 Å². The van der Waals surface area contributed by atoms with E-state index in [1.807, 2.05) is 24.3 Å².